The van der Waals surface area contributed by atoms with Crippen molar-refractivity contribution in [3.63, 3.8) is 0 Å². The fourth-order valence-corrected chi connectivity index (χ4v) is 3.58. The zero-order valence-electron chi connectivity index (χ0n) is 20.0. The highest BCUT2D eigenvalue weighted by Crippen LogP contribution is 2.33. The molecule has 0 radical (unpaired) electrons. The summed E-state index contributed by atoms with van der Waals surface area (Å²) in [5, 5.41) is 3.59. The minimum atomic E-state index is -0.500. The molecule has 0 spiro atoms. The van der Waals surface area contributed by atoms with Gasteiger partial charge in [0.15, 0.2) is 6.61 Å². The monoisotopic (exact) mass is 470 g/mol. The molecule has 1 aromatic heterocycles. The molecule has 35 heavy (non-hydrogen) atoms. The van der Waals surface area contributed by atoms with Crippen LogP contribution in [0.4, 0.5) is 5.69 Å². The third-order valence-corrected chi connectivity index (χ3v) is 5.76. The van der Waals surface area contributed by atoms with E-state index >= 15 is 0 Å². The van der Waals surface area contributed by atoms with E-state index in [1.165, 1.54) is 7.11 Å². The van der Waals surface area contributed by atoms with E-state index in [2.05, 4.69) is 5.32 Å². The summed E-state index contributed by atoms with van der Waals surface area (Å²) in [6.07, 6.45) is 0. The van der Waals surface area contributed by atoms with Crippen LogP contribution >= 0.6 is 0 Å². The van der Waals surface area contributed by atoms with Crippen LogP contribution in [-0.2, 0) is 9.53 Å². The summed E-state index contributed by atoms with van der Waals surface area (Å²) < 4.78 is 15.8. The van der Waals surface area contributed by atoms with Crippen molar-refractivity contribution in [3.05, 3.63) is 83.4 Å². The molecular formula is C28H26N2O5. The van der Waals surface area contributed by atoms with E-state index in [-0.39, 0.29) is 12.5 Å². The quantitative estimate of drug-likeness (QED) is 0.367. The molecular weight excluding hydrogens is 444 g/mol. The lowest BCUT2D eigenvalue weighted by Gasteiger charge is -2.13. The van der Waals surface area contributed by atoms with E-state index in [0.717, 1.165) is 22.4 Å². The number of nitrogens with zero attached hydrogens (tertiary/aromatic N) is 1. The minimum Gasteiger partial charge on any atom is -0.497 e. The Kier molecular flexibility index (Phi) is 6.96. The van der Waals surface area contributed by atoms with Gasteiger partial charge in [-0.15, -0.1) is 0 Å². The van der Waals surface area contributed by atoms with Gasteiger partial charge in [0.05, 0.1) is 25.4 Å². The third kappa shape index (κ3) is 5.41. The number of pyridine rings is 1. The first kappa shape index (κ1) is 23.8. The van der Waals surface area contributed by atoms with Gasteiger partial charge in [0.1, 0.15) is 11.5 Å². The number of carbonyl (C=O) groups is 2. The Morgan fingerprint density at radius 3 is 2.34 bits per heavy atom. The summed E-state index contributed by atoms with van der Waals surface area (Å²) in [4.78, 5) is 29.3. The van der Waals surface area contributed by atoms with Gasteiger partial charge >= 0.3 is 5.97 Å². The largest absolute Gasteiger partial charge is 0.497 e. The Morgan fingerprint density at radius 1 is 0.886 bits per heavy atom. The standard InChI is InChI=1S/C28H26N2O5/c1-17-5-6-20(13-18(17)2)28(32)29-21-9-12-24-23(14-21)26(35-16-27(31)34-4)15-25(30-24)19-7-10-22(33-3)11-8-19/h5-15H,16H2,1-4H3,(H,29,32). The second kappa shape index (κ2) is 10.3. The zero-order valence-corrected chi connectivity index (χ0v) is 20.0. The predicted octanol–water partition coefficient (Wildman–Crippen LogP) is 5.33. The topological polar surface area (TPSA) is 86.8 Å². The van der Waals surface area contributed by atoms with Crippen molar-refractivity contribution in [2.75, 3.05) is 26.1 Å². The van der Waals surface area contributed by atoms with Crippen molar-refractivity contribution in [2.24, 2.45) is 0 Å². The fourth-order valence-electron chi connectivity index (χ4n) is 3.58. The first-order valence-electron chi connectivity index (χ1n) is 11.1. The molecule has 0 aliphatic carbocycles. The minimum absolute atomic E-state index is 0.215. The number of aromatic nitrogens is 1. The molecule has 0 atom stereocenters. The van der Waals surface area contributed by atoms with Crippen molar-refractivity contribution < 1.29 is 23.8 Å². The smallest absolute Gasteiger partial charge is 0.343 e. The highest BCUT2D eigenvalue weighted by molar-refractivity contribution is 6.05. The molecule has 1 amide bonds. The van der Waals surface area contributed by atoms with Crippen LogP contribution in [0.3, 0.4) is 0 Å². The lowest BCUT2D eigenvalue weighted by Crippen LogP contribution is -2.13. The van der Waals surface area contributed by atoms with Crippen molar-refractivity contribution in [3.8, 4) is 22.8 Å². The van der Waals surface area contributed by atoms with Crippen LogP contribution in [-0.4, -0.2) is 37.7 Å². The molecule has 1 heterocycles. The highest BCUT2D eigenvalue weighted by Gasteiger charge is 2.14. The molecule has 4 rings (SSSR count). The molecule has 178 valence electrons. The van der Waals surface area contributed by atoms with Crippen LogP contribution in [0.1, 0.15) is 21.5 Å². The Balaban J connectivity index is 1.70. The second-order valence-corrected chi connectivity index (χ2v) is 8.08. The van der Waals surface area contributed by atoms with Gasteiger partial charge in [-0.3, -0.25) is 4.79 Å². The van der Waals surface area contributed by atoms with E-state index in [0.29, 0.717) is 33.6 Å². The summed E-state index contributed by atoms with van der Waals surface area (Å²) in [6, 6.07) is 20.2. The van der Waals surface area contributed by atoms with Crippen LogP contribution < -0.4 is 14.8 Å². The average molecular weight is 471 g/mol. The molecule has 3 aromatic carbocycles. The number of rotatable bonds is 7. The third-order valence-electron chi connectivity index (χ3n) is 5.76. The summed E-state index contributed by atoms with van der Waals surface area (Å²) in [6.45, 7) is 3.72. The summed E-state index contributed by atoms with van der Waals surface area (Å²) >= 11 is 0. The Morgan fingerprint density at radius 2 is 1.66 bits per heavy atom. The van der Waals surface area contributed by atoms with Crippen LogP contribution in [0.15, 0.2) is 66.7 Å². The molecule has 0 unspecified atom stereocenters. The highest BCUT2D eigenvalue weighted by atomic mass is 16.6. The number of hydrogen-bond donors (Lipinski definition) is 1. The number of hydrogen-bond acceptors (Lipinski definition) is 6. The van der Waals surface area contributed by atoms with Gasteiger partial charge in [0.25, 0.3) is 5.91 Å². The van der Waals surface area contributed by atoms with Crippen LogP contribution in [0.25, 0.3) is 22.2 Å². The molecule has 1 N–H and O–H groups in total. The number of carbonyl (C=O) groups excluding carboxylic acids is 2. The van der Waals surface area contributed by atoms with Crippen LogP contribution in [0.2, 0.25) is 0 Å². The summed E-state index contributed by atoms with van der Waals surface area (Å²) in [5.74, 6) is 0.474. The van der Waals surface area contributed by atoms with Gasteiger partial charge in [-0.2, -0.15) is 0 Å². The maximum Gasteiger partial charge on any atom is 0.343 e. The average Bonchev–Trinajstić information content (AvgIpc) is 2.88. The van der Waals surface area contributed by atoms with Gasteiger partial charge in [-0.25, -0.2) is 9.78 Å². The van der Waals surface area contributed by atoms with E-state index in [1.807, 2.05) is 56.3 Å². The Hall–Kier alpha value is -4.39. The van der Waals surface area contributed by atoms with Gasteiger partial charge in [-0.1, -0.05) is 6.07 Å². The number of esters is 1. The summed E-state index contributed by atoms with van der Waals surface area (Å²) in [7, 11) is 2.91. The van der Waals surface area contributed by atoms with E-state index in [9.17, 15) is 9.59 Å². The molecule has 0 saturated heterocycles. The zero-order chi connectivity index (χ0) is 24.9. The molecule has 0 bridgehead atoms. The van der Waals surface area contributed by atoms with Crippen molar-refractivity contribution in [1.29, 1.82) is 0 Å². The first-order valence-corrected chi connectivity index (χ1v) is 11.1. The number of anilines is 1. The van der Waals surface area contributed by atoms with E-state index < -0.39 is 5.97 Å². The maximum absolute atomic E-state index is 12.8. The number of fused-ring (bicyclic) bond motifs is 1. The van der Waals surface area contributed by atoms with Crippen molar-refractivity contribution >= 4 is 28.5 Å². The van der Waals surface area contributed by atoms with Gasteiger partial charge in [-0.05, 0) is 79.6 Å². The number of nitrogens with one attached hydrogen (secondary N) is 1. The van der Waals surface area contributed by atoms with Gasteiger partial charge < -0.3 is 19.5 Å². The second-order valence-electron chi connectivity index (χ2n) is 8.08. The Labute approximate surface area is 203 Å². The fraction of sp³-hybridized carbons (Fsp3) is 0.179. The predicted molar refractivity (Wildman–Crippen MR) is 135 cm³/mol. The molecule has 0 aliphatic rings. The van der Waals surface area contributed by atoms with Crippen LogP contribution in [0, 0.1) is 13.8 Å². The van der Waals surface area contributed by atoms with Gasteiger partial charge in [0.2, 0.25) is 0 Å². The van der Waals surface area contributed by atoms with Crippen molar-refractivity contribution in [2.45, 2.75) is 13.8 Å². The molecule has 7 heteroatoms. The SMILES string of the molecule is COC(=O)COc1cc(-c2ccc(OC)cc2)nc2ccc(NC(=O)c3ccc(C)c(C)c3)cc12. The van der Waals surface area contributed by atoms with Gasteiger partial charge in [0, 0.05) is 28.3 Å². The lowest BCUT2D eigenvalue weighted by molar-refractivity contribution is -0.142. The number of benzene rings is 3. The lowest BCUT2D eigenvalue weighted by atomic mass is 10.1. The van der Waals surface area contributed by atoms with E-state index in [4.69, 9.17) is 19.2 Å². The normalized spacial score (nSPS) is 10.6. The number of aryl methyl sites for hydroxylation is 2. The molecule has 0 fully saturated rings. The number of ether oxygens (including phenoxy) is 3. The maximum atomic E-state index is 12.8. The molecule has 4 aromatic rings. The van der Waals surface area contributed by atoms with Crippen molar-refractivity contribution in [1.82, 2.24) is 4.98 Å². The van der Waals surface area contributed by atoms with Crippen LogP contribution in [0.5, 0.6) is 11.5 Å². The summed E-state index contributed by atoms with van der Waals surface area (Å²) in [5.41, 5.74) is 5.52. The molecule has 0 saturated carbocycles. The molecule has 7 nitrogen and oxygen atoms in total. The first-order chi connectivity index (χ1) is 16.9. The number of methoxy groups -OCH3 is 2. The molecule has 0 aliphatic heterocycles. The Bertz CT molecular complexity index is 1400. The van der Waals surface area contributed by atoms with E-state index in [1.54, 1.807) is 31.4 Å². The number of amides is 1.